The van der Waals surface area contributed by atoms with Gasteiger partial charge in [0, 0.05) is 18.5 Å². The lowest BCUT2D eigenvalue weighted by atomic mass is 9.95. The largest absolute Gasteiger partial charge is 0.391 e. The monoisotopic (exact) mass is 359 g/mol. The van der Waals surface area contributed by atoms with Crippen LogP contribution in [0.25, 0.3) is 11.0 Å². The molecule has 2 atom stereocenters. The first-order valence-corrected chi connectivity index (χ1v) is 8.77. The summed E-state index contributed by atoms with van der Waals surface area (Å²) in [5.41, 5.74) is 0.546. The average Bonchev–Trinajstić information content (AvgIpc) is 3.19. The molecule has 0 bridgehead atoms. The Morgan fingerprint density at radius 2 is 2.19 bits per heavy atom. The van der Waals surface area contributed by atoms with Crippen molar-refractivity contribution >= 4 is 22.6 Å². The van der Waals surface area contributed by atoms with Gasteiger partial charge < -0.3 is 15.4 Å². The molecule has 9 nitrogen and oxygen atoms in total. The molecule has 1 aliphatic heterocycles. The lowest BCUT2D eigenvalue weighted by Gasteiger charge is -2.22. The summed E-state index contributed by atoms with van der Waals surface area (Å²) in [6.07, 6.45) is 2.03. The molecule has 0 saturated carbocycles. The Hall–Kier alpha value is -2.42. The predicted octanol–water partition coefficient (Wildman–Crippen LogP) is 1.87. The molecule has 0 amide bonds. The van der Waals surface area contributed by atoms with Gasteiger partial charge in [0.05, 0.1) is 29.9 Å². The van der Waals surface area contributed by atoms with Crippen LogP contribution in [0, 0.1) is 10.3 Å². The van der Waals surface area contributed by atoms with Crippen molar-refractivity contribution in [3.63, 3.8) is 0 Å². The van der Waals surface area contributed by atoms with E-state index in [0.29, 0.717) is 24.4 Å². The topological polar surface area (TPSA) is 120 Å². The maximum atomic E-state index is 10.7. The number of aliphatic hydroxyl groups excluding tert-OH is 1. The highest BCUT2D eigenvalue weighted by molar-refractivity contribution is 5.90. The summed E-state index contributed by atoms with van der Waals surface area (Å²) in [6.45, 7) is 9.12. The third-order valence-electron chi connectivity index (χ3n) is 4.59. The molecular formula is C17H25N7O2. The molecule has 1 fully saturated rings. The third-order valence-corrected chi connectivity index (χ3v) is 4.59. The number of β-amino-alcohol motifs (C(OH)–C–C–N with tert-alkyl or cyclic N) is 1. The average molecular weight is 359 g/mol. The number of nitrogens with one attached hydrogen (secondary N) is 1. The second kappa shape index (κ2) is 6.71. The molecule has 1 saturated heterocycles. The van der Waals surface area contributed by atoms with Crippen LogP contribution in [0.1, 0.15) is 39.9 Å². The van der Waals surface area contributed by atoms with Crippen LogP contribution in [0.2, 0.25) is 0 Å². The van der Waals surface area contributed by atoms with E-state index >= 15 is 0 Å². The van der Waals surface area contributed by atoms with Crippen LogP contribution < -0.4 is 4.90 Å². The second-order valence-corrected chi connectivity index (χ2v) is 7.86. The number of aliphatic hydroxyl groups is 1. The van der Waals surface area contributed by atoms with E-state index in [1.54, 1.807) is 17.8 Å². The molecule has 0 radical (unpaired) electrons. The molecule has 9 heteroatoms. The van der Waals surface area contributed by atoms with Crippen LogP contribution in [-0.4, -0.2) is 55.8 Å². The molecule has 26 heavy (non-hydrogen) atoms. The zero-order valence-electron chi connectivity index (χ0n) is 15.6. The summed E-state index contributed by atoms with van der Waals surface area (Å²) in [7, 11) is 0. The molecule has 1 aliphatic rings. The van der Waals surface area contributed by atoms with Crippen molar-refractivity contribution in [1.29, 1.82) is 5.41 Å². The first-order valence-electron chi connectivity index (χ1n) is 8.77. The molecule has 2 N–H and O–H groups in total. The van der Waals surface area contributed by atoms with Gasteiger partial charge in [0.1, 0.15) is 17.7 Å². The summed E-state index contributed by atoms with van der Waals surface area (Å²) < 4.78 is 1.62. The van der Waals surface area contributed by atoms with Crippen LogP contribution in [0.3, 0.4) is 0 Å². The van der Waals surface area contributed by atoms with Crippen LogP contribution in [-0.2, 0) is 12.0 Å². The molecule has 3 rings (SSSR count). The molecule has 0 aromatic carbocycles. The lowest BCUT2D eigenvalue weighted by molar-refractivity contribution is 0.198. The Morgan fingerprint density at radius 1 is 1.46 bits per heavy atom. The van der Waals surface area contributed by atoms with Gasteiger partial charge in [-0.15, -0.1) is 0 Å². The maximum Gasteiger partial charge on any atom is 0.164 e. The molecule has 2 aromatic heterocycles. The SMILES string of the molecule is CC(N=O)C(=N)Cn1ncc2c(N3CCC(O)C3)nc(C(C)(C)C)nc21. The quantitative estimate of drug-likeness (QED) is 0.621. The standard InChI is InChI=1S/C17H25N7O2/c1-10(22-26)13(18)9-24-15-12(7-19-24)14(23-6-5-11(25)8-23)20-16(21-15)17(2,3)4/h7,10-11,18,25H,5-6,8-9H2,1-4H3. The maximum absolute atomic E-state index is 10.7. The number of hydrogen-bond donors (Lipinski definition) is 2. The fourth-order valence-corrected chi connectivity index (χ4v) is 2.92. The number of rotatable bonds is 5. The van der Waals surface area contributed by atoms with E-state index in [4.69, 9.17) is 15.4 Å². The van der Waals surface area contributed by atoms with Gasteiger partial charge in [-0.2, -0.15) is 10.0 Å². The fourth-order valence-electron chi connectivity index (χ4n) is 2.92. The fraction of sp³-hybridized carbons (Fsp3) is 0.647. The summed E-state index contributed by atoms with van der Waals surface area (Å²) in [4.78, 5) is 22.2. The van der Waals surface area contributed by atoms with Gasteiger partial charge in [-0.25, -0.2) is 14.6 Å². The summed E-state index contributed by atoms with van der Waals surface area (Å²) in [6, 6.07) is -0.702. The van der Waals surface area contributed by atoms with Crippen molar-refractivity contribution in [2.24, 2.45) is 5.18 Å². The Morgan fingerprint density at radius 3 is 2.77 bits per heavy atom. The van der Waals surface area contributed by atoms with Crippen molar-refractivity contribution in [2.75, 3.05) is 18.0 Å². The number of nitrogens with zero attached hydrogens (tertiary/aromatic N) is 6. The Labute approximate surface area is 151 Å². The highest BCUT2D eigenvalue weighted by Crippen LogP contribution is 2.30. The summed E-state index contributed by atoms with van der Waals surface area (Å²) in [5.74, 6) is 1.44. The number of aromatic nitrogens is 4. The van der Waals surface area contributed by atoms with Crippen molar-refractivity contribution in [1.82, 2.24) is 19.7 Å². The van der Waals surface area contributed by atoms with Gasteiger partial charge in [0.15, 0.2) is 5.65 Å². The number of anilines is 1. The van der Waals surface area contributed by atoms with Crippen LogP contribution >= 0.6 is 0 Å². The minimum absolute atomic E-state index is 0.152. The second-order valence-electron chi connectivity index (χ2n) is 7.86. The molecule has 140 valence electrons. The molecule has 0 aliphatic carbocycles. The minimum atomic E-state index is -0.702. The van der Waals surface area contributed by atoms with Crippen LogP contribution in [0.4, 0.5) is 5.82 Å². The minimum Gasteiger partial charge on any atom is -0.391 e. The van der Waals surface area contributed by atoms with Crippen molar-refractivity contribution < 1.29 is 5.11 Å². The van der Waals surface area contributed by atoms with Gasteiger partial charge in [0.25, 0.3) is 0 Å². The van der Waals surface area contributed by atoms with E-state index in [9.17, 15) is 10.0 Å². The van der Waals surface area contributed by atoms with E-state index in [2.05, 4.69) is 15.2 Å². The highest BCUT2D eigenvalue weighted by Gasteiger charge is 2.28. The summed E-state index contributed by atoms with van der Waals surface area (Å²) >= 11 is 0. The van der Waals surface area contributed by atoms with Crippen LogP contribution in [0.5, 0.6) is 0 Å². The Bertz CT molecular complexity index is 839. The number of fused-ring (bicyclic) bond motifs is 1. The van der Waals surface area contributed by atoms with Crippen molar-refractivity contribution in [2.45, 2.75) is 58.2 Å². The third kappa shape index (κ3) is 3.44. The zero-order valence-corrected chi connectivity index (χ0v) is 15.6. The zero-order chi connectivity index (χ0) is 19.1. The van der Waals surface area contributed by atoms with E-state index in [1.165, 1.54) is 0 Å². The van der Waals surface area contributed by atoms with Crippen molar-refractivity contribution in [3.05, 3.63) is 16.9 Å². The Balaban J connectivity index is 2.09. The normalized spacial score (nSPS) is 19.1. The van der Waals surface area contributed by atoms with Crippen molar-refractivity contribution in [3.8, 4) is 0 Å². The number of nitroso groups, excluding NO2 is 1. The molecule has 2 aromatic rings. The van der Waals surface area contributed by atoms with Gasteiger partial charge in [-0.3, -0.25) is 0 Å². The van der Waals surface area contributed by atoms with E-state index in [0.717, 1.165) is 17.7 Å². The molecule has 2 unspecified atom stereocenters. The molecule has 0 spiro atoms. The highest BCUT2D eigenvalue weighted by atomic mass is 16.3. The van der Waals surface area contributed by atoms with E-state index < -0.39 is 6.04 Å². The molecular weight excluding hydrogens is 334 g/mol. The first kappa shape index (κ1) is 18.4. The van der Waals surface area contributed by atoms with Crippen LogP contribution in [0.15, 0.2) is 11.4 Å². The first-order chi connectivity index (χ1) is 12.2. The smallest absolute Gasteiger partial charge is 0.164 e. The Kier molecular flexibility index (Phi) is 4.74. The summed E-state index contributed by atoms with van der Waals surface area (Å²) in [5, 5.41) is 26.0. The number of hydrogen-bond acceptors (Lipinski definition) is 8. The van der Waals surface area contributed by atoms with Gasteiger partial charge in [0.2, 0.25) is 0 Å². The van der Waals surface area contributed by atoms with E-state index in [1.807, 2.05) is 20.8 Å². The van der Waals surface area contributed by atoms with Gasteiger partial charge in [-0.05, 0) is 13.3 Å². The van der Waals surface area contributed by atoms with E-state index in [-0.39, 0.29) is 23.8 Å². The predicted molar refractivity (Wildman–Crippen MR) is 99.8 cm³/mol. The van der Waals surface area contributed by atoms with Gasteiger partial charge >= 0.3 is 0 Å². The molecule has 3 heterocycles. The lowest BCUT2D eigenvalue weighted by Crippen LogP contribution is -2.26. The van der Waals surface area contributed by atoms with Gasteiger partial charge in [-0.1, -0.05) is 25.9 Å².